The van der Waals surface area contributed by atoms with Gasteiger partial charge in [-0.1, -0.05) is 6.07 Å². The van der Waals surface area contributed by atoms with Gasteiger partial charge in [0.05, 0.1) is 19.2 Å². The van der Waals surface area contributed by atoms with Crippen molar-refractivity contribution in [2.24, 2.45) is 7.05 Å². The lowest BCUT2D eigenvalue weighted by Crippen LogP contribution is -2.05. The number of hydrogen-bond donors (Lipinski definition) is 0. The Morgan fingerprint density at radius 2 is 2.17 bits per heavy atom. The zero-order valence-electron chi connectivity index (χ0n) is 10.4. The molecule has 0 fully saturated rings. The van der Waals surface area contributed by atoms with Crippen molar-refractivity contribution < 1.29 is 4.74 Å². The third kappa shape index (κ3) is 1.64. The lowest BCUT2D eigenvalue weighted by Gasteiger charge is -2.06. The Morgan fingerprint density at radius 1 is 1.28 bits per heavy atom. The maximum atomic E-state index is 5.35. The van der Waals surface area contributed by atoms with Gasteiger partial charge in [-0.2, -0.15) is 5.10 Å². The fourth-order valence-electron chi connectivity index (χ4n) is 2.13. The summed E-state index contributed by atoms with van der Waals surface area (Å²) in [6.45, 7) is 0.702. The standard InChI is InChI=1S/C13H14N4O/c1-16-13(14-9-15-16)8-17-7-6-10-11(17)4-3-5-12(10)18-2/h3-7,9H,8H2,1-2H3. The van der Waals surface area contributed by atoms with E-state index in [0.717, 1.165) is 22.5 Å². The van der Waals surface area contributed by atoms with E-state index in [0.29, 0.717) is 6.54 Å². The summed E-state index contributed by atoms with van der Waals surface area (Å²) in [7, 11) is 3.59. The zero-order chi connectivity index (χ0) is 12.5. The normalized spacial score (nSPS) is 11.0. The van der Waals surface area contributed by atoms with Crippen LogP contribution in [0.1, 0.15) is 5.82 Å². The van der Waals surface area contributed by atoms with Gasteiger partial charge < -0.3 is 9.30 Å². The van der Waals surface area contributed by atoms with Crippen molar-refractivity contribution in [3.63, 3.8) is 0 Å². The number of fused-ring (bicyclic) bond motifs is 1. The predicted molar refractivity (Wildman–Crippen MR) is 68.6 cm³/mol. The van der Waals surface area contributed by atoms with E-state index in [1.807, 2.05) is 25.4 Å². The number of aryl methyl sites for hydroxylation is 1. The van der Waals surface area contributed by atoms with E-state index in [1.54, 1.807) is 18.1 Å². The van der Waals surface area contributed by atoms with Gasteiger partial charge in [-0.3, -0.25) is 4.68 Å². The molecule has 0 spiro atoms. The van der Waals surface area contributed by atoms with Crippen LogP contribution in [0.2, 0.25) is 0 Å². The smallest absolute Gasteiger partial charge is 0.146 e. The lowest BCUT2D eigenvalue weighted by atomic mass is 10.2. The molecule has 18 heavy (non-hydrogen) atoms. The highest BCUT2D eigenvalue weighted by atomic mass is 16.5. The Kier molecular flexibility index (Phi) is 2.51. The molecule has 3 aromatic rings. The first kappa shape index (κ1) is 10.8. The number of benzene rings is 1. The van der Waals surface area contributed by atoms with Gasteiger partial charge in [-0.05, 0) is 18.2 Å². The van der Waals surface area contributed by atoms with Crippen LogP contribution in [0.15, 0.2) is 36.8 Å². The second kappa shape index (κ2) is 4.18. The Bertz CT molecular complexity index is 683. The van der Waals surface area contributed by atoms with Crippen molar-refractivity contribution >= 4 is 10.9 Å². The van der Waals surface area contributed by atoms with Gasteiger partial charge >= 0.3 is 0 Å². The van der Waals surface area contributed by atoms with Crippen LogP contribution in [-0.4, -0.2) is 26.4 Å². The van der Waals surface area contributed by atoms with Crippen LogP contribution in [0.4, 0.5) is 0 Å². The van der Waals surface area contributed by atoms with Crippen molar-refractivity contribution in [3.8, 4) is 5.75 Å². The van der Waals surface area contributed by atoms with Crippen molar-refractivity contribution in [1.82, 2.24) is 19.3 Å². The molecule has 0 amide bonds. The molecule has 0 aliphatic rings. The molecular weight excluding hydrogens is 228 g/mol. The van der Waals surface area contributed by atoms with Crippen molar-refractivity contribution in [3.05, 3.63) is 42.6 Å². The Labute approximate surface area is 105 Å². The molecule has 0 aliphatic carbocycles. The molecule has 2 heterocycles. The second-order valence-corrected chi connectivity index (χ2v) is 4.14. The number of aromatic nitrogens is 4. The fraction of sp³-hybridized carbons (Fsp3) is 0.231. The van der Waals surface area contributed by atoms with Gasteiger partial charge in [0.25, 0.3) is 0 Å². The molecule has 0 unspecified atom stereocenters. The van der Waals surface area contributed by atoms with Crippen molar-refractivity contribution in [2.75, 3.05) is 7.11 Å². The molecule has 0 saturated carbocycles. The second-order valence-electron chi connectivity index (χ2n) is 4.14. The third-order valence-corrected chi connectivity index (χ3v) is 3.11. The highest BCUT2D eigenvalue weighted by Crippen LogP contribution is 2.26. The van der Waals surface area contributed by atoms with E-state index >= 15 is 0 Å². The summed E-state index contributed by atoms with van der Waals surface area (Å²) in [5.41, 5.74) is 1.14. The molecule has 0 aliphatic heterocycles. The molecule has 0 N–H and O–H groups in total. The zero-order valence-corrected chi connectivity index (χ0v) is 10.4. The number of nitrogens with zero attached hydrogens (tertiary/aromatic N) is 4. The Balaban J connectivity index is 2.06. The SMILES string of the molecule is COc1cccc2c1ccn2Cc1ncnn1C. The van der Waals surface area contributed by atoms with Crippen LogP contribution < -0.4 is 4.74 Å². The summed E-state index contributed by atoms with van der Waals surface area (Å²) < 4.78 is 9.28. The molecule has 3 rings (SSSR count). The molecular formula is C13H14N4O. The molecule has 0 radical (unpaired) electrons. The lowest BCUT2D eigenvalue weighted by molar-refractivity contribution is 0.420. The first-order valence-electron chi connectivity index (χ1n) is 5.74. The minimum Gasteiger partial charge on any atom is -0.496 e. The number of methoxy groups -OCH3 is 1. The molecule has 5 heteroatoms. The van der Waals surface area contributed by atoms with E-state index in [1.165, 1.54) is 0 Å². The number of hydrogen-bond acceptors (Lipinski definition) is 3. The summed E-state index contributed by atoms with van der Waals surface area (Å²) in [4.78, 5) is 4.24. The number of ether oxygens (including phenoxy) is 1. The molecule has 0 bridgehead atoms. The largest absolute Gasteiger partial charge is 0.496 e. The van der Waals surface area contributed by atoms with E-state index in [4.69, 9.17) is 4.74 Å². The van der Waals surface area contributed by atoms with Crippen LogP contribution >= 0.6 is 0 Å². The van der Waals surface area contributed by atoms with Gasteiger partial charge in [0.15, 0.2) is 0 Å². The van der Waals surface area contributed by atoms with Gasteiger partial charge in [-0.25, -0.2) is 4.98 Å². The van der Waals surface area contributed by atoms with E-state index in [2.05, 4.69) is 26.8 Å². The highest BCUT2D eigenvalue weighted by molar-refractivity contribution is 5.86. The van der Waals surface area contributed by atoms with Crippen molar-refractivity contribution in [2.45, 2.75) is 6.54 Å². The molecule has 5 nitrogen and oxygen atoms in total. The summed E-state index contributed by atoms with van der Waals surface area (Å²) >= 11 is 0. The van der Waals surface area contributed by atoms with Gasteiger partial charge in [0.1, 0.15) is 17.9 Å². The average molecular weight is 242 g/mol. The Hall–Kier alpha value is -2.30. The van der Waals surface area contributed by atoms with Crippen LogP contribution in [-0.2, 0) is 13.6 Å². The molecule has 2 aromatic heterocycles. The summed E-state index contributed by atoms with van der Waals surface area (Å²) in [6.07, 6.45) is 3.61. The Morgan fingerprint density at radius 3 is 2.89 bits per heavy atom. The predicted octanol–water partition coefficient (Wildman–Crippen LogP) is 1.83. The average Bonchev–Trinajstić information content (AvgIpc) is 2.97. The van der Waals surface area contributed by atoms with Crippen LogP contribution in [0.5, 0.6) is 5.75 Å². The summed E-state index contributed by atoms with van der Waals surface area (Å²) in [5.74, 6) is 1.82. The van der Waals surface area contributed by atoms with Crippen LogP contribution in [0, 0.1) is 0 Å². The first-order chi connectivity index (χ1) is 8.79. The number of rotatable bonds is 3. The monoisotopic (exact) mass is 242 g/mol. The molecule has 1 aromatic carbocycles. The summed E-state index contributed by atoms with van der Waals surface area (Å²) in [6, 6.07) is 8.10. The van der Waals surface area contributed by atoms with Crippen LogP contribution in [0.3, 0.4) is 0 Å². The van der Waals surface area contributed by atoms with E-state index < -0.39 is 0 Å². The third-order valence-electron chi connectivity index (χ3n) is 3.11. The molecule has 0 atom stereocenters. The highest BCUT2D eigenvalue weighted by Gasteiger charge is 2.08. The van der Waals surface area contributed by atoms with E-state index in [-0.39, 0.29) is 0 Å². The molecule has 0 saturated heterocycles. The maximum absolute atomic E-state index is 5.35. The summed E-state index contributed by atoms with van der Waals surface area (Å²) in [5, 5.41) is 5.19. The topological polar surface area (TPSA) is 44.9 Å². The quantitative estimate of drug-likeness (QED) is 0.703. The van der Waals surface area contributed by atoms with Crippen molar-refractivity contribution in [1.29, 1.82) is 0 Å². The van der Waals surface area contributed by atoms with Crippen LogP contribution in [0.25, 0.3) is 10.9 Å². The fourth-order valence-corrected chi connectivity index (χ4v) is 2.13. The maximum Gasteiger partial charge on any atom is 0.146 e. The van der Waals surface area contributed by atoms with Gasteiger partial charge in [0.2, 0.25) is 0 Å². The minimum atomic E-state index is 0.702. The van der Waals surface area contributed by atoms with E-state index in [9.17, 15) is 0 Å². The van der Waals surface area contributed by atoms with Gasteiger partial charge in [-0.15, -0.1) is 0 Å². The molecule has 92 valence electrons. The van der Waals surface area contributed by atoms with Gasteiger partial charge in [0, 0.05) is 18.6 Å². The first-order valence-corrected chi connectivity index (χ1v) is 5.74. The minimum absolute atomic E-state index is 0.702.